The van der Waals surface area contributed by atoms with Crippen LogP contribution in [0.3, 0.4) is 0 Å². The molecule has 144 valence electrons. The normalized spacial score (nSPS) is 21.2. The highest BCUT2D eigenvalue weighted by molar-refractivity contribution is 7.15. The summed E-state index contributed by atoms with van der Waals surface area (Å²) < 4.78 is 0. The predicted octanol–water partition coefficient (Wildman–Crippen LogP) is 3.44. The summed E-state index contributed by atoms with van der Waals surface area (Å²) in [6.07, 6.45) is 3.38. The van der Waals surface area contributed by atoms with Gasteiger partial charge in [0.15, 0.2) is 0 Å². The smallest absolute Gasteiger partial charge is 0.123 e. The summed E-state index contributed by atoms with van der Waals surface area (Å²) in [7, 11) is 0. The first kappa shape index (κ1) is 21.6. The number of benzene rings is 1. The van der Waals surface area contributed by atoms with Crippen LogP contribution in [0, 0.1) is 6.92 Å². The lowest BCUT2D eigenvalue weighted by Gasteiger charge is -2.37. The molecular weight excluding hydrogens is 387 g/mol. The molecular formula is C19H28Cl2N4S. The zero-order chi connectivity index (χ0) is 16.4. The van der Waals surface area contributed by atoms with E-state index in [0.717, 1.165) is 17.6 Å². The van der Waals surface area contributed by atoms with Crippen molar-refractivity contribution in [1.82, 2.24) is 20.1 Å². The Labute approximate surface area is 172 Å². The summed E-state index contributed by atoms with van der Waals surface area (Å²) in [5, 5.41) is 4.63. The number of nitrogens with one attached hydrogen (secondary N) is 1. The van der Waals surface area contributed by atoms with Crippen molar-refractivity contribution in [3.8, 4) is 10.6 Å². The maximum atomic E-state index is 4.66. The van der Waals surface area contributed by atoms with Crippen LogP contribution >= 0.6 is 36.2 Å². The van der Waals surface area contributed by atoms with Gasteiger partial charge < -0.3 is 5.32 Å². The molecule has 0 bridgehead atoms. The molecule has 0 radical (unpaired) electrons. The zero-order valence-electron chi connectivity index (χ0n) is 15.2. The Morgan fingerprint density at radius 2 is 1.92 bits per heavy atom. The van der Waals surface area contributed by atoms with Gasteiger partial charge in [-0.3, -0.25) is 9.80 Å². The first-order chi connectivity index (χ1) is 11.8. The van der Waals surface area contributed by atoms with Crippen LogP contribution in [0.25, 0.3) is 10.6 Å². The van der Waals surface area contributed by atoms with E-state index in [1.165, 1.54) is 61.7 Å². The van der Waals surface area contributed by atoms with Gasteiger partial charge in [-0.2, -0.15) is 0 Å². The topological polar surface area (TPSA) is 31.4 Å². The Bertz CT molecular complexity index is 680. The SMILES string of the molecule is Cc1ccccc1-c1ncc(CN2CCN(C3CCNC3)CC2)s1.Cl.Cl. The number of aromatic nitrogens is 1. The zero-order valence-corrected chi connectivity index (χ0v) is 17.6. The highest BCUT2D eigenvalue weighted by Crippen LogP contribution is 2.28. The molecule has 4 nitrogen and oxygen atoms in total. The summed E-state index contributed by atoms with van der Waals surface area (Å²) in [6.45, 7) is 10.3. The van der Waals surface area contributed by atoms with Gasteiger partial charge in [0.05, 0.1) is 0 Å². The summed E-state index contributed by atoms with van der Waals surface area (Å²) >= 11 is 1.84. The summed E-state index contributed by atoms with van der Waals surface area (Å²) in [4.78, 5) is 11.3. The molecule has 7 heteroatoms. The number of thiazole rings is 1. The van der Waals surface area contributed by atoms with Gasteiger partial charge in [-0.25, -0.2) is 4.98 Å². The van der Waals surface area contributed by atoms with Gasteiger partial charge in [0, 0.05) is 61.9 Å². The number of nitrogens with zero attached hydrogens (tertiary/aromatic N) is 3. The Morgan fingerprint density at radius 3 is 2.62 bits per heavy atom. The monoisotopic (exact) mass is 414 g/mol. The molecule has 2 aliphatic rings. The first-order valence-electron chi connectivity index (χ1n) is 8.97. The van der Waals surface area contributed by atoms with Crippen LogP contribution in [-0.2, 0) is 6.54 Å². The first-order valence-corrected chi connectivity index (χ1v) is 9.79. The lowest BCUT2D eigenvalue weighted by atomic mass is 10.1. The third-order valence-electron chi connectivity index (χ3n) is 5.27. The predicted molar refractivity (Wildman–Crippen MR) is 115 cm³/mol. The van der Waals surface area contributed by atoms with E-state index in [-0.39, 0.29) is 24.8 Å². The molecule has 1 aromatic carbocycles. The molecule has 2 saturated heterocycles. The Balaban J connectivity index is 0.00000121. The molecule has 1 unspecified atom stereocenters. The Morgan fingerprint density at radius 1 is 1.15 bits per heavy atom. The highest BCUT2D eigenvalue weighted by atomic mass is 35.5. The molecule has 26 heavy (non-hydrogen) atoms. The van der Waals surface area contributed by atoms with Crippen LogP contribution in [0.15, 0.2) is 30.5 Å². The van der Waals surface area contributed by atoms with Crippen molar-refractivity contribution in [3.63, 3.8) is 0 Å². The molecule has 2 aromatic rings. The molecule has 0 saturated carbocycles. The maximum Gasteiger partial charge on any atom is 0.123 e. The van der Waals surface area contributed by atoms with Gasteiger partial charge in [0.25, 0.3) is 0 Å². The van der Waals surface area contributed by atoms with Gasteiger partial charge in [0.2, 0.25) is 0 Å². The van der Waals surface area contributed by atoms with E-state index < -0.39 is 0 Å². The average molecular weight is 415 g/mol. The van der Waals surface area contributed by atoms with Gasteiger partial charge >= 0.3 is 0 Å². The molecule has 0 spiro atoms. The van der Waals surface area contributed by atoms with E-state index in [1.54, 1.807) is 0 Å². The third-order valence-corrected chi connectivity index (χ3v) is 6.28. The molecule has 1 atom stereocenters. The van der Waals surface area contributed by atoms with Crippen LogP contribution in [0.5, 0.6) is 0 Å². The summed E-state index contributed by atoms with van der Waals surface area (Å²) in [5.74, 6) is 0. The number of rotatable bonds is 4. The fraction of sp³-hybridized carbons (Fsp3) is 0.526. The molecule has 1 N–H and O–H groups in total. The highest BCUT2D eigenvalue weighted by Gasteiger charge is 2.26. The largest absolute Gasteiger partial charge is 0.315 e. The van der Waals surface area contributed by atoms with E-state index in [4.69, 9.17) is 0 Å². The Kier molecular flexibility index (Phi) is 8.33. The van der Waals surface area contributed by atoms with Crippen molar-refractivity contribution in [2.24, 2.45) is 0 Å². The van der Waals surface area contributed by atoms with E-state index in [0.29, 0.717) is 0 Å². The van der Waals surface area contributed by atoms with Crippen LogP contribution < -0.4 is 5.32 Å². The van der Waals surface area contributed by atoms with Crippen molar-refractivity contribution >= 4 is 36.2 Å². The minimum Gasteiger partial charge on any atom is -0.315 e. The molecule has 4 rings (SSSR count). The van der Waals surface area contributed by atoms with Gasteiger partial charge in [0.1, 0.15) is 5.01 Å². The van der Waals surface area contributed by atoms with Crippen LogP contribution in [0.4, 0.5) is 0 Å². The van der Waals surface area contributed by atoms with Crippen molar-refractivity contribution in [1.29, 1.82) is 0 Å². The fourth-order valence-corrected chi connectivity index (χ4v) is 4.82. The van der Waals surface area contributed by atoms with E-state index in [1.807, 2.05) is 11.3 Å². The van der Waals surface area contributed by atoms with Gasteiger partial charge in [-0.1, -0.05) is 24.3 Å². The number of piperazine rings is 1. The number of aryl methyl sites for hydroxylation is 1. The van der Waals surface area contributed by atoms with E-state index in [2.05, 4.69) is 57.5 Å². The maximum absolute atomic E-state index is 4.66. The van der Waals surface area contributed by atoms with E-state index in [9.17, 15) is 0 Å². The fourth-order valence-electron chi connectivity index (χ4n) is 3.78. The van der Waals surface area contributed by atoms with Crippen molar-refractivity contribution in [2.75, 3.05) is 39.3 Å². The number of hydrogen-bond donors (Lipinski definition) is 1. The minimum absolute atomic E-state index is 0. The Hall–Kier alpha value is -0.690. The van der Waals surface area contributed by atoms with Crippen molar-refractivity contribution < 1.29 is 0 Å². The van der Waals surface area contributed by atoms with Gasteiger partial charge in [-0.15, -0.1) is 36.2 Å². The standard InChI is InChI=1S/C19H26N4S.2ClH/c1-15-4-2-3-5-18(15)19-21-13-17(24-19)14-22-8-10-23(11-9-22)16-6-7-20-12-16;;/h2-5,13,16,20H,6-12,14H2,1H3;2*1H. The van der Waals surface area contributed by atoms with Gasteiger partial charge in [-0.05, 0) is 25.5 Å². The third kappa shape index (κ3) is 4.97. The molecule has 3 heterocycles. The molecule has 1 aromatic heterocycles. The molecule has 2 fully saturated rings. The quantitative estimate of drug-likeness (QED) is 0.829. The molecule has 2 aliphatic heterocycles. The second kappa shape index (κ2) is 10.0. The van der Waals surface area contributed by atoms with Crippen LogP contribution in [-0.4, -0.2) is 60.1 Å². The van der Waals surface area contributed by atoms with Crippen molar-refractivity contribution in [2.45, 2.75) is 25.9 Å². The lowest BCUT2D eigenvalue weighted by Crippen LogP contribution is -2.50. The summed E-state index contributed by atoms with van der Waals surface area (Å²) in [6, 6.07) is 9.29. The van der Waals surface area contributed by atoms with Crippen molar-refractivity contribution in [3.05, 3.63) is 40.9 Å². The van der Waals surface area contributed by atoms with Crippen LogP contribution in [0.2, 0.25) is 0 Å². The second-order valence-corrected chi connectivity index (χ2v) is 8.02. The summed E-state index contributed by atoms with van der Waals surface area (Å²) in [5.41, 5.74) is 2.57. The second-order valence-electron chi connectivity index (χ2n) is 6.91. The molecule has 0 amide bonds. The lowest BCUT2D eigenvalue weighted by molar-refractivity contribution is 0.0987. The number of hydrogen-bond acceptors (Lipinski definition) is 5. The minimum atomic E-state index is 0. The van der Waals surface area contributed by atoms with Crippen LogP contribution in [0.1, 0.15) is 16.9 Å². The van der Waals surface area contributed by atoms with E-state index >= 15 is 0 Å². The number of halogens is 2. The molecule has 0 aliphatic carbocycles. The average Bonchev–Trinajstić information content (AvgIpc) is 3.28.